The van der Waals surface area contributed by atoms with Gasteiger partial charge in [-0.25, -0.2) is 0 Å². The van der Waals surface area contributed by atoms with E-state index in [1.807, 2.05) is 11.6 Å². The fourth-order valence-electron chi connectivity index (χ4n) is 3.74. The first-order valence-electron chi connectivity index (χ1n) is 11.1. The van der Waals surface area contributed by atoms with Gasteiger partial charge in [0.15, 0.2) is 0 Å². The number of alkyl halides is 3. The average Bonchev–Trinajstić information content (AvgIpc) is 3.36. The van der Waals surface area contributed by atoms with E-state index in [0.717, 1.165) is 18.3 Å². The Kier molecular flexibility index (Phi) is 8.09. The molecule has 0 N–H and O–H groups in total. The number of benzene rings is 2. The van der Waals surface area contributed by atoms with Crippen LogP contribution in [0.4, 0.5) is 18.9 Å². The zero-order valence-electron chi connectivity index (χ0n) is 19.8. The van der Waals surface area contributed by atoms with E-state index in [1.54, 1.807) is 36.7 Å². The van der Waals surface area contributed by atoms with Crippen molar-refractivity contribution in [3.63, 3.8) is 0 Å². The summed E-state index contributed by atoms with van der Waals surface area (Å²) in [6.07, 6.45) is -0.529. The van der Waals surface area contributed by atoms with Gasteiger partial charge in [-0.05, 0) is 41.3 Å². The molecule has 1 aliphatic heterocycles. The molecule has 6 nitrogen and oxygen atoms in total. The van der Waals surface area contributed by atoms with Crippen LogP contribution in [0.1, 0.15) is 53.1 Å². The molecule has 1 unspecified atom stereocenters. The van der Waals surface area contributed by atoms with E-state index in [0.29, 0.717) is 17.2 Å². The highest BCUT2D eigenvalue weighted by molar-refractivity contribution is 6.10. The van der Waals surface area contributed by atoms with Crippen molar-refractivity contribution < 1.29 is 22.7 Å². The van der Waals surface area contributed by atoms with Crippen LogP contribution in [0.15, 0.2) is 48.8 Å². The largest absolute Gasteiger partial charge is 0.416 e. The van der Waals surface area contributed by atoms with Gasteiger partial charge in [0.25, 0.3) is 5.91 Å². The van der Waals surface area contributed by atoms with Crippen LogP contribution in [0, 0.1) is 5.92 Å². The maximum atomic E-state index is 13.3. The first-order chi connectivity index (χ1) is 16.2. The summed E-state index contributed by atoms with van der Waals surface area (Å²) in [7, 11) is 3.39. The van der Waals surface area contributed by atoms with Crippen molar-refractivity contribution in [2.45, 2.75) is 46.0 Å². The number of amides is 1. The van der Waals surface area contributed by atoms with Crippen LogP contribution in [0.5, 0.6) is 0 Å². The maximum Gasteiger partial charge on any atom is 0.416 e. The summed E-state index contributed by atoms with van der Waals surface area (Å²) in [4.78, 5) is 13.9. The number of carbonyl (C=O) groups excluding carboxylic acids is 1. The molecule has 0 saturated carbocycles. The van der Waals surface area contributed by atoms with E-state index in [-0.39, 0.29) is 24.3 Å². The third-order valence-corrected chi connectivity index (χ3v) is 5.82. The van der Waals surface area contributed by atoms with Crippen molar-refractivity contribution in [2.24, 2.45) is 13.0 Å². The number of hydrogen-bond acceptors (Lipinski definition) is 4. The molecule has 1 atom stereocenters. The van der Waals surface area contributed by atoms with Gasteiger partial charge >= 0.3 is 6.18 Å². The topological polar surface area (TPSA) is 60.2 Å². The number of para-hydroxylation sites is 1. The van der Waals surface area contributed by atoms with Crippen molar-refractivity contribution >= 4 is 11.6 Å². The second-order valence-corrected chi connectivity index (χ2v) is 8.40. The minimum Gasteiger partial charge on any atom is -0.380 e. The van der Waals surface area contributed by atoms with Crippen LogP contribution in [-0.2, 0) is 37.5 Å². The number of hydrogen-bond donors (Lipinski definition) is 0. The van der Waals surface area contributed by atoms with Crippen LogP contribution < -0.4 is 4.90 Å². The minimum atomic E-state index is -4.51. The second-order valence-electron chi connectivity index (χ2n) is 8.40. The number of anilines is 1. The Morgan fingerprint density at radius 2 is 1.88 bits per heavy atom. The fourth-order valence-corrected chi connectivity index (χ4v) is 3.74. The number of methoxy groups -OCH3 is 1. The molecule has 2 aromatic carbocycles. The van der Waals surface area contributed by atoms with Gasteiger partial charge in [-0.15, -0.1) is 10.2 Å². The summed E-state index contributed by atoms with van der Waals surface area (Å²) in [5.41, 5.74) is 0.257. The van der Waals surface area contributed by atoms with Gasteiger partial charge in [-0.2, -0.15) is 13.2 Å². The van der Waals surface area contributed by atoms with Gasteiger partial charge in [0, 0.05) is 31.8 Å². The maximum absolute atomic E-state index is 13.3. The van der Waals surface area contributed by atoms with E-state index in [4.69, 9.17) is 4.74 Å². The summed E-state index contributed by atoms with van der Waals surface area (Å²) < 4.78 is 46.9. The van der Waals surface area contributed by atoms with E-state index in [2.05, 4.69) is 24.0 Å². The lowest BCUT2D eigenvalue weighted by Gasteiger charge is -2.16. The SMILES string of the molecule is CCC(C)Cc1nncn1C.COCc1cc2c(c(C(F)(F)F)c1)CN(c1ccccc1)C2=O. The average molecular weight is 475 g/mol. The number of aromatic nitrogens is 3. The smallest absolute Gasteiger partial charge is 0.380 e. The molecule has 2 heterocycles. The lowest BCUT2D eigenvalue weighted by atomic mass is 9.99. The van der Waals surface area contributed by atoms with Crippen molar-refractivity contribution in [3.8, 4) is 0 Å². The summed E-state index contributed by atoms with van der Waals surface area (Å²) in [6, 6.07) is 11.2. The van der Waals surface area contributed by atoms with Crippen LogP contribution in [0.2, 0.25) is 0 Å². The predicted molar refractivity (Wildman–Crippen MR) is 123 cm³/mol. The molecule has 1 amide bonds. The highest BCUT2D eigenvalue weighted by Gasteiger charge is 2.40. The lowest BCUT2D eigenvalue weighted by molar-refractivity contribution is -0.138. The molecule has 9 heteroatoms. The molecule has 0 spiro atoms. The number of ether oxygens (including phenoxy) is 1. The predicted octanol–water partition coefficient (Wildman–Crippen LogP) is 5.42. The first-order valence-corrected chi connectivity index (χ1v) is 11.1. The molecular weight excluding hydrogens is 445 g/mol. The van der Waals surface area contributed by atoms with E-state index in [9.17, 15) is 18.0 Å². The molecule has 4 rings (SSSR count). The van der Waals surface area contributed by atoms with Crippen molar-refractivity contribution in [1.82, 2.24) is 14.8 Å². The standard InChI is InChI=1S/C17H14F3NO2.C8H15N3/c1-23-10-11-7-13-14(15(8-11)17(18,19)20)9-21(16(13)22)12-5-3-2-4-6-12;1-4-7(2)5-8-10-9-6-11(8)3/h2-8H,9-10H2,1H3;6-7H,4-5H2,1-3H3. The van der Waals surface area contributed by atoms with E-state index < -0.39 is 17.6 Å². The Hall–Kier alpha value is -3.20. The molecule has 0 radical (unpaired) electrons. The molecule has 3 aromatic rings. The Morgan fingerprint density at radius 3 is 2.44 bits per heavy atom. The number of fused-ring (bicyclic) bond motifs is 1. The van der Waals surface area contributed by atoms with Crippen LogP contribution >= 0.6 is 0 Å². The Bertz CT molecular complexity index is 1110. The van der Waals surface area contributed by atoms with Gasteiger partial charge in [-0.1, -0.05) is 38.5 Å². The van der Waals surface area contributed by atoms with Gasteiger partial charge < -0.3 is 14.2 Å². The highest BCUT2D eigenvalue weighted by atomic mass is 19.4. The highest BCUT2D eigenvalue weighted by Crippen LogP contribution is 2.39. The van der Waals surface area contributed by atoms with Crippen LogP contribution in [0.3, 0.4) is 0 Å². The Morgan fingerprint density at radius 1 is 1.18 bits per heavy atom. The molecule has 1 aromatic heterocycles. The van der Waals surface area contributed by atoms with E-state index >= 15 is 0 Å². The van der Waals surface area contributed by atoms with Gasteiger partial charge in [0.1, 0.15) is 12.2 Å². The zero-order chi connectivity index (χ0) is 24.9. The van der Waals surface area contributed by atoms with Gasteiger partial charge in [-0.3, -0.25) is 4.79 Å². The Labute approximate surface area is 197 Å². The van der Waals surface area contributed by atoms with Crippen molar-refractivity contribution in [1.29, 1.82) is 0 Å². The fraction of sp³-hybridized carbons (Fsp3) is 0.400. The summed E-state index contributed by atoms with van der Waals surface area (Å²) in [5.74, 6) is 1.37. The number of carbonyl (C=O) groups is 1. The number of nitrogens with zero attached hydrogens (tertiary/aromatic N) is 4. The normalized spacial score (nSPS) is 14.0. The van der Waals surface area contributed by atoms with Gasteiger partial charge in [0.05, 0.1) is 18.7 Å². The second kappa shape index (κ2) is 10.8. The summed E-state index contributed by atoms with van der Waals surface area (Å²) in [6.45, 7) is 4.37. The lowest BCUT2D eigenvalue weighted by Crippen LogP contribution is -2.22. The monoisotopic (exact) mass is 474 g/mol. The third-order valence-electron chi connectivity index (χ3n) is 5.82. The minimum absolute atomic E-state index is 0.0196. The molecule has 0 saturated heterocycles. The van der Waals surface area contributed by atoms with Gasteiger partial charge in [0.2, 0.25) is 0 Å². The Balaban J connectivity index is 0.000000248. The van der Waals surface area contributed by atoms with E-state index in [1.165, 1.54) is 24.5 Å². The molecule has 182 valence electrons. The molecule has 1 aliphatic rings. The third kappa shape index (κ3) is 5.83. The summed E-state index contributed by atoms with van der Waals surface area (Å²) in [5, 5.41) is 7.84. The number of aryl methyl sites for hydroxylation is 1. The summed E-state index contributed by atoms with van der Waals surface area (Å²) >= 11 is 0. The molecule has 0 aliphatic carbocycles. The molecule has 34 heavy (non-hydrogen) atoms. The van der Waals surface area contributed by atoms with Crippen LogP contribution in [-0.4, -0.2) is 27.8 Å². The quantitative estimate of drug-likeness (QED) is 0.479. The van der Waals surface area contributed by atoms with Crippen LogP contribution in [0.25, 0.3) is 0 Å². The number of rotatable bonds is 6. The first kappa shape index (κ1) is 25.4. The van der Waals surface area contributed by atoms with Crippen molar-refractivity contribution in [2.75, 3.05) is 12.0 Å². The molecule has 0 bridgehead atoms. The molecule has 0 fully saturated rings. The number of halogens is 3. The molecular formula is C25H29F3N4O2. The zero-order valence-corrected chi connectivity index (χ0v) is 19.8. The van der Waals surface area contributed by atoms with Crippen molar-refractivity contribution in [3.05, 3.63) is 76.9 Å².